The summed E-state index contributed by atoms with van der Waals surface area (Å²) in [6, 6.07) is 14.4. The molecule has 0 spiro atoms. The lowest BCUT2D eigenvalue weighted by Gasteiger charge is -2.09. The van der Waals surface area contributed by atoms with Crippen molar-refractivity contribution in [2.24, 2.45) is 0 Å². The number of fused-ring (bicyclic) bond motifs is 1. The summed E-state index contributed by atoms with van der Waals surface area (Å²) >= 11 is 0. The van der Waals surface area contributed by atoms with Gasteiger partial charge in [0.2, 0.25) is 0 Å². The third-order valence-electron chi connectivity index (χ3n) is 4.24. The molecule has 0 saturated carbocycles. The Morgan fingerprint density at radius 3 is 2.43 bits per heavy atom. The Morgan fingerprint density at radius 2 is 1.70 bits per heavy atom. The van der Waals surface area contributed by atoms with Crippen LogP contribution in [0.15, 0.2) is 65.3 Å². The number of hydrogen-bond donors (Lipinski definition) is 0. The Labute approximate surface area is 168 Å². The molecule has 0 fully saturated rings. The van der Waals surface area contributed by atoms with Crippen molar-refractivity contribution in [3.8, 4) is 28.5 Å². The third-order valence-corrected chi connectivity index (χ3v) is 4.24. The fourth-order valence-electron chi connectivity index (χ4n) is 2.85. The van der Waals surface area contributed by atoms with Crippen LogP contribution in [0.1, 0.15) is 5.69 Å². The molecule has 9 heteroatoms. The van der Waals surface area contributed by atoms with Crippen molar-refractivity contribution in [2.45, 2.75) is 13.0 Å². The highest BCUT2D eigenvalue weighted by Gasteiger charge is 2.31. The number of benzene rings is 2. The van der Waals surface area contributed by atoms with Gasteiger partial charge in [-0.25, -0.2) is 0 Å². The van der Waals surface area contributed by atoms with Gasteiger partial charge in [-0.1, -0.05) is 18.2 Å². The average Bonchev–Trinajstić information content (AvgIpc) is 3.14. The van der Waals surface area contributed by atoms with Gasteiger partial charge in [0.15, 0.2) is 5.58 Å². The maximum atomic E-state index is 12.3. The van der Waals surface area contributed by atoms with Crippen LogP contribution in [0, 0.1) is 0 Å². The molecule has 154 valence electrons. The van der Waals surface area contributed by atoms with Crippen LogP contribution < -0.4 is 14.2 Å². The second kappa shape index (κ2) is 7.94. The highest BCUT2D eigenvalue weighted by molar-refractivity contribution is 5.87. The Kier molecular flexibility index (Phi) is 5.18. The van der Waals surface area contributed by atoms with Crippen LogP contribution in [0.4, 0.5) is 13.2 Å². The number of halogens is 3. The average molecular weight is 416 g/mol. The van der Waals surface area contributed by atoms with Crippen LogP contribution >= 0.6 is 0 Å². The summed E-state index contributed by atoms with van der Waals surface area (Å²) in [6.45, 7) is 0.159. The van der Waals surface area contributed by atoms with Gasteiger partial charge in [-0.05, 0) is 46.6 Å². The quantitative estimate of drug-likeness (QED) is 0.421. The monoisotopic (exact) mass is 416 g/mol. The smallest absolute Gasteiger partial charge is 0.497 e. The number of pyridine rings is 1. The SMILES string of the molecule is COc1ccnc(COc2noc3ccc(-c4ccc(OC(F)(F)F)cc4)cc23)c1. The van der Waals surface area contributed by atoms with E-state index in [1.165, 1.54) is 24.3 Å². The van der Waals surface area contributed by atoms with Crippen molar-refractivity contribution in [2.75, 3.05) is 7.11 Å². The van der Waals surface area contributed by atoms with Crippen molar-refractivity contribution in [3.05, 3.63) is 66.5 Å². The van der Waals surface area contributed by atoms with Crippen LogP contribution in [0.25, 0.3) is 22.1 Å². The van der Waals surface area contributed by atoms with E-state index in [0.29, 0.717) is 28.0 Å². The van der Waals surface area contributed by atoms with Gasteiger partial charge in [0.25, 0.3) is 5.88 Å². The molecule has 0 amide bonds. The maximum absolute atomic E-state index is 12.3. The molecule has 0 aliphatic heterocycles. The van der Waals surface area contributed by atoms with E-state index in [1.54, 1.807) is 43.6 Å². The van der Waals surface area contributed by atoms with Crippen molar-refractivity contribution < 1.29 is 31.9 Å². The van der Waals surface area contributed by atoms with Gasteiger partial charge in [0.05, 0.1) is 18.2 Å². The number of nitrogens with zero attached hydrogens (tertiary/aromatic N) is 2. The van der Waals surface area contributed by atoms with Gasteiger partial charge in [-0.2, -0.15) is 0 Å². The molecule has 0 N–H and O–H groups in total. The van der Waals surface area contributed by atoms with Crippen LogP contribution in [-0.2, 0) is 6.61 Å². The molecule has 0 radical (unpaired) electrons. The highest BCUT2D eigenvalue weighted by atomic mass is 19.4. The minimum Gasteiger partial charge on any atom is -0.497 e. The second-order valence-corrected chi connectivity index (χ2v) is 6.25. The zero-order valence-corrected chi connectivity index (χ0v) is 15.6. The Morgan fingerprint density at radius 1 is 0.933 bits per heavy atom. The minimum absolute atomic E-state index is 0.159. The molecule has 0 aliphatic carbocycles. The molecule has 0 unspecified atom stereocenters. The normalized spacial score (nSPS) is 11.5. The van der Waals surface area contributed by atoms with Crippen LogP contribution in [0.2, 0.25) is 0 Å². The molecule has 0 bridgehead atoms. The summed E-state index contributed by atoms with van der Waals surface area (Å²) < 4.78 is 57.0. The predicted molar refractivity (Wildman–Crippen MR) is 101 cm³/mol. The third kappa shape index (κ3) is 4.45. The molecule has 2 heterocycles. The van der Waals surface area contributed by atoms with Gasteiger partial charge >= 0.3 is 6.36 Å². The molecule has 2 aromatic heterocycles. The van der Waals surface area contributed by atoms with Crippen molar-refractivity contribution in [1.82, 2.24) is 10.1 Å². The van der Waals surface area contributed by atoms with Gasteiger partial charge in [0.1, 0.15) is 18.1 Å². The number of ether oxygens (including phenoxy) is 3. The van der Waals surface area contributed by atoms with E-state index in [-0.39, 0.29) is 18.2 Å². The lowest BCUT2D eigenvalue weighted by atomic mass is 10.0. The summed E-state index contributed by atoms with van der Waals surface area (Å²) in [4.78, 5) is 4.21. The molecule has 0 saturated heterocycles. The standard InChI is InChI=1S/C21H15F3N2O4/c1-27-17-8-9-25-15(11-17)12-28-20-18-10-14(4-7-19(18)30-26-20)13-2-5-16(6-3-13)29-21(22,23)24/h2-11H,12H2,1H3. The van der Waals surface area contributed by atoms with E-state index in [4.69, 9.17) is 14.0 Å². The summed E-state index contributed by atoms with van der Waals surface area (Å²) in [5.74, 6) is 0.662. The first-order valence-corrected chi connectivity index (χ1v) is 8.78. The van der Waals surface area contributed by atoms with Crippen molar-refractivity contribution in [3.63, 3.8) is 0 Å². The van der Waals surface area contributed by atoms with Crippen molar-refractivity contribution in [1.29, 1.82) is 0 Å². The maximum Gasteiger partial charge on any atom is 0.573 e. The number of methoxy groups -OCH3 is 1. The molecule has 4 aromatic rings. The van der Waals surface area contributed by atoms with E-state index in [9.17, 15) is 13.2 Å². The lowest BCUT2D eigenvalue weighted by molar-refractivity contribution is -0.274. The summed E-state index contributed by atoms with van der Waals surface area (Å²) in [7, 11) is 1.56. The molecule has 4 rings (SSSR count). The van der Waals surface area contributed by atoms with Gasteiger partial charge in [-0.3, -0.25) is 4.98 Å². The van der Waals surface area contributed by atoms with E-state index < -0.39 is 6.36 Å². The summed E-state index contributed by atoms with van der Waals surface area (Å²) in [6.07, 6.45) is -3.12. The molecular weight excluding hydrogens is 401 g/mol. The first kappa shape index (κ1) is 19.6. The minimum atomic E-state index is -4.73. The Balaban J connectivity index is 1.55. The first-order valence-electron chi connectivity index (χ1n) is 8.78. The van der Waals surface area contributed by atoms with E-state index in [2.05, 4.69) is 14.9 Å². The topological polar surface area (TPSA) is 66.6 Å². The summed E-state index contributed by atoms with van der Waals surface area (Å²) in [5.41, 5.74) is 2.63. The number of aromatic nitrogens is 2. The summed E-state index contributed by atoms with van der Waals surface area (Å²) in [5, 5.41) is 4.57. The van der Waals surface area contributed by atoms with Gasteiger partial charge in [-0.15, -0.1) is 13.2 Å². The second-order valence-electron chi connectivity index (χ2n) is 6.25. The van der Waals surface area contributed by atoms with E-state index in [0.717, 1.165) is 5.56 Å². The van der Waals surface area contributed by atoms with E-state index in [1.807, 2.05) is 0 Å². The molecule has 0 atom stereocenters. The molecular formula is C21H15F3N2O4. The largest absolute Gasteiger partial charge is 0.573 e. The van der Waals surface area contributed by atoms with Crippen LogP contribution in [-0.4, -0.2) is 23.6 Å². The zero-order chi connectivity index (χ0) is 21.1. The Hall–Kier alpha value is -3.75. The molecule has 0 aliphatic rings. The fraction of sp³-hybridized carbons (Fsp3) is 0.143. The van der Waals surface area contributed by atoms with Crippen LogP contribution in [0.5, 0.6) is 17.4 Å². The zero-order valence-electron chi connectivity index (χ0n) is 15.6. The van der Waals surface area contributed by atoms with Gasteiger partial charge < -0.3 is 18.7 Å². The van der Waals surface area contributed by atoms with Crippen LogP contribution in [0.3, 0.4) is 0 Å². The number of alkyl halides is 3. The molecule has 30 heavy (non-hydrogen) atoms. The predicted octanol–water partition coefficient (Wildman–Crippen LogP) is 5.38. The highest BCUT2D eigenvalue weighted by Crippen LogP contribution is 2.32. The van der Waals surface area contributed by atoms with Crippen molar-refractivity contribution >= 4 is 11.0 Å². The first-order chi connectivity index (χ1) is 14.4. The lowest BCUT2D eigenvalue weighted by Crippen LogP contribution is -2.16. The number of rotatable bonds is 6. The van der Waals surface area contributed by atoms with Gasteiger partial charge in [0, 0.05) is 12.3 Å². The number of hydrogen-bond acceptors (Lipinski definition) is 6. The Bertz CT molecular complexity index is 1160. The molecule has 6 nitrogen and oxygen atoms in total. The fourth-order valence-corrected chi connectivity index (χ4v) is 2.85. The van der Waals surface area contributed by atoms with E-state index >= 15 is 0 Å². The molecule has 2 aromatic carbocycles.